The lowest BCUT2D eigenvalue weighted by atomic mass is 10.1. The molecule has 0 amide bonds. The zero-order valence-corrected chi connectivity index (χ0v) is 19.2. The first kappa shape index (κ1) is 21.8. The van der Waals surface area contributed by atoms with Crippen molar-refractivity contribution in [3.05, 3.63) is 54.6 Å². The maximum absolute atomic E-state index is 5.52. The van der Waals surface area contributed by atoms with Crippen LogP contribution in [0.25, 0.3) is 33.1 Å². The minimum atomic E-state index is 0.653. The van der Waals surface area contributed by atoms with E-state index in [2.05, 4.69) is 54.6 Å². The number of fused-ring (bicyclic) bond motifs is 2. The van der Waals surface area contributed by atoms with Gasteiger partial charge in [0.15, 0.2) is 17.3 Å². The van der Waals surface area contributed by atoms with Crippen LogP contribution in [0.3, 0.4) is 0 Å². The number of rotatable bonds is 9. The Labute approximate surface area is 189 Å². The normalized spacial score (nSPS) is 11.3. The number of nitrogens with one attached hydrogen (secondary N) is 1. The molecule has 0 aliphatic rings. The number of methoxy groups -OCH3 is 2. The zero-order valence-electron chi connectivity index (χ0n) is 19.2. The van der Waals surface area contributed by atoms with Gasteiger partial charge in [-0.2, -0.15) is 0 Å². The van der Waals surface area contributed by atoms with E-state index in [1.807, 2.05) is 24.3 Å². The first-order chi connectivity index (χ1) is 15.6. The van der Waals surface area contributed by atoms with Gasteiger partial charge in [-0.05, 0) is 56.4 Å². The topological polar surface area (TPSA) is 59.5 Å². The van der Waals surface area contributed by atoms with Crippen molar-refractivity contribution < 1.29 is 9.47 Å². The van der Waals surface area contributed by atoms with E-state index in [-0.39, 0.29) is 0 Å². The Bertz CT molecular complexity index is 1220. The van der Waals surface area contributed by atoms with Gasteiger partial charge in [0.25, 0.3) is 0 Å². The highest BCUT2D eigenvalue weighted by Gasteiger charge is 2.14. The van der Waals surface area contributed by atoms with Gasteiger partial charge < -0.3 is 19.7 Å². The van der Waals surface area contributed by atoms with Crippen molar-refractivity contribution in [3.8, 4) is 22.9 Å². The van der Waals surface area contributed by atoms with Crippen LogP contribution in [0, 0.1) is 0 Å². The summed E-state index contributed by atoms with van der Waals surface area (Å²) in [6, 6.07) is 18.5. The van der Waals surface area contributed by atoms with Crippen molar-refractivity contribution in [1.29, 1.82) is 0 Å². The van der Waals surface area contributed by atoms with Gasteiger partial charge in [0.2, 0.25) is 0 Å². The molecular weight excluding hydrogens is 400 g/mol. The molecule has 0 unspecified atom stereocenters. The predicted octanol–water partition coefficient (Wildman–Crippen LogP) is 5.22. The van der Waals surface area contributed by atoms with Gasteiger partial charge in [-0.25, -0.2) is 9.97 Å². The molecule has 0 fully saturated rings. The molecule has 0 aliphatic heterocycles. The van der Waals surface area contributed by atoms with Crippen molar-refractivity contribution in [1.82, 2.24) is 14.9 Å². The second-order valence-corrected chi connectivity index (χ2v) is 8.12. The third-order valence-corrected chi connectivity index (χ3v) is 5.53. The van der Waals surface area contributed by atoms with E-state index in [4.69, 9.17) is 19.4 Å². The molecule has 0 atom stereocenters. The second-order valence-electron chi connectivity index (χ2n) is 8.12. The lowest BCUT2D eigenvalue weighted by molar-refractivity contribution is 0.356. The summed E-state index contributed by atoms with van der Waals surface area (Å²) in [6.07, 6.45) is 2.18. The number of nitrogens with zero attached hydrogens (tertiary/aromatic N) is 3. The Balaban J connectivity index is 1.75. The average Bonchev–Trinajstić information content (AvgIpc) is 2.82. The Morgan fingerprint density at radius 3 is 2.34 bits per heavy atom. The summed E-state index contributed by atoms with van der Waals surface area (Å²) in [6.45, 7) is 1.91. The van der Waals surface area contributed by atoms with E-state index in [9.17, 15) is 0 Å². The SMILES string of the molecule is COc1cc2nc(-c3ccc4ccccc4c3)nc(NCCCCN(C)C)c2cc1OC. The van der Waals surface area contributed by atoms with Gasteiger partial charge in [-0.15, -0.1) is 0 Å². The third kappa shape index (κ3) is 4.75. The minimum absolute atomic E-state index is 0.653. The highest BCUT2D eigenvalue weighted by molar-refractivity contribution is 5.94. The average molecular weight is 431 g/mol. The Hall–Kier alpha value is -3.38. The Kier molecular flexibility index (Phi) is 6.71. The van der Waals surface area contributed by atoms with Crippen molar-refractivity contribution in [3.63, 3.8) is 0 Å². The van der Waals surface area contributed by atoms with E-state index >= 15 is 0 Å². The van der Waals surface area contributed by atoms with Crippen LogP contribution >= 0.6 is 0 Å². The van der Waals surface area contributed by atoms with E-state index in [1.165, 1.54) is 10.8 Å². The number of hydrogen-bond acceptors (Lipinski definition) is 6. The monoisotopic (exact) mass is 430 g/mol. The molecule has 0 bridgehead atoms. The Morgan fingerprint density at radius 2 is 1.59 bits per heavy atom. The molecule has 166 valence electrons. The number of benzene rings is 3. The molecule has 6 nitrogen and oxygen atoms in total. The summed E-state index contributed by atoms with van der Waals surface area (Å²) in [4.78, 5) is 12.0. The molecule has 32 heavy (non-hydrogen) atoms. The molecular formula is C26H30N4O2. The highest BCUT2D eigenvalue weighted by atomic mass is 16.5. The largest absolute Gasteiger partial charge is 0.493 e. The van der Waals surface area contributed by atoms with Crippen LogP contribution in [0.1, 0.15) is 12.8 Å². The van der Waals surface area contributed by atoms with Gasteiger partial charge in [0.1, 0.15) is 5.82 Å². The predicted molar refractivity (Wildman–Crippen MR) is 132 cm³/mol. The number of anilines is 1. The molecule has 0 radical (unpaired) electrons. The smallest absolute Gasteiger partial charge is 0.162 e. The van der Waals surface area contributed by atoms with E-state index in [1.54, 1.807) is 14.2 Å². The van der Waals surface area contributed by atoms with Crippen LogP contribution < -0.4 is 14.8 Å². The first-order valence-electron chi connectivity index (χ1n) is 10.9. The van der Waals surface area contributed by atoms with Crippen LogP contribution in [0.2, 0.25) is 0 Å². The fraction of sp³-hybridized carbons (Fsp3) is 0.308. The summed E-state index contributed by atoms with van der Waals surface area (Å²) in [5, 5.41) is 6.81. The van der Waals surface area contributed by atoms with Gasteiger partial charge >= 0.3 is 0 Å². The van der Waals surface area contributed by atoms with Crippen molar-refractivity contribution in [2.24, 2.45) is 0 Å². The Morgan fingerprint density at radius 1 is 0.844 bits per heavy atom. The molecule has 4 aromatic rings. The fourth-order valence-electron chi connectivity index (χ4n) is 3.81. The van der Waals surface area contributed by atoms with Crippen LogP contribution in [0.4, 0.5) is 5.82 Å². The second kappa shape index (κ2) is 9.83. The highest BCUT2D eigenvalue weighted by Crippen LogP contribution is 2.35. The van der Waals surface area contributed by atoms with E-state index in [0.717, 1.165) is 48.2 Å². The zero-order chi connectivity index (χ0) is 22.5. The van der Waals surface area contributed by atoms with Crippen molar-refractivity contribution in [2.45, 2.75) is 12.8 Å². The number of hydrogen-bond donors (Lipinski definition) is 1. The lowest BCUT2D eigenvalue weighted by Crippen LogP contribution is -2.14. The van der Waals surface area contributed by atoms with E-state index in [0.29, 0.717) is 17.3 Å². The molecule has 1 aromatic heterocycles. The standard InChI is InChI=1S/C26H30N4O2/c1-30(2)14-8-7-13-27-26-21-16-23(31-3)24(32-4)17-22(21)28-25(29-26)20-12-11-18-9-5-6-10-19(18)15-20/h5-6,9-12,15-17H,7-8,13-14H2,1-4H3,(H,27,28,29). The van der Waals surface area contributed by atoms with Crippen LogP contribution in [0.15, 0.2) is 54.6 Å². The van der Waals surface area contributed by atoms with Crippen molar-refractivity contribution in [2.75, 3.05) is 46.7 Å². The molecule has 1 heterocycles. The molecule has 0 saturated heterocycles. The number of unbranched alkanes of at least 4 members (excludes halogenated alkanes) is 1. The van der Waals surface area contributed by atoms with Crippen LogP contribution in [-0.4, -0.2) is 56.3 Å². The maximum Gasteiger partial charge on any atom is 0.162 e. The quantitative estimate of drug-likeness (QED) is 0.367. The summed E-state index contributed by atoms with van der Waals surface area (Å²) in [7, 11) is 7.48. The maximum atomic E-state index is 5.52. The summed E-state index contributed by atoms with van der Waals surface area (Å²) in [5.41, 5.74) is 1.80. The third-order valence-electron chi connectivity index (χ3n) is 5.53. The van der Waals surface area contributed by atoms with Gasteiger partial charge in [-0.3, -0.25) is 0 Å². The molecule has 0 saturated carbocycles. The minimum Gasteiger partial charge on any atom is -0.493 e. The first-order valence-corrected chi connectivity index (χ1v) is 10.9. The lowest BCUT2D eigenvalue weighted by Gasteiger charge is -2.15. The molecule has 3 aromatic carbocycles. The summed E-state index contributed by atoms with van der Waals surface area (Å²) in [5.74, 6) is 2.81. The molecule has 0 spiro atoms. The molecule has 6 heteroatoms. The molecule has 0 aliphatic carbocycles. The van der Waals surface area contributed by atoms with Gasteiger partial charge in [0, 0.05) is 23.6 Å². The molecule has 4 rings (SSSR count). The summed E-state index contributed by atoms with van der Waals surface area (Å²) >= 11 is 0. The van der Waals surface area contributed by atoms with Crippen molar-refractivity contribution >= 4 is 27.5 Å². The number of aromatic nitrogens is 2. The van der Waals surface area contributed by atoms with Gasteiger partial charge in [0.05, 0.1) is 19.7 Å². The van der Waals surface area contributed by atoms with Crippen LogP contribution in [0.5, 0.6) is 11.5 Å². The summed E-state index contributed by atoms with van der Waals surface area (Å²) < 4.78 is 11.0. The van der Waals surface area contributed by atoms with Crippen LogP contribution in [-0.2, 0) is 0 Å². The molecule has 1 N–H and O–H groups in total. The van der Waals surface area contributed by atoms with Gasteiger partial charge in [-0.1, -0.05) is 36.4 Å². The fourth-order valence-corrected chi connectivity index (χ4v) is 3.81. The van der Waals surface area contributed by atoms with E-state index < -0.39 is 0 Å². The number of ether oxygens (including phenoxy) is 2.